The lowest BCUT2D eigenvalue weighted by molar-refractivity contribution is -0.163. The molecule has 0 aliphatic carbocycles. The molecule has 31 heavy (non-hydrogen) atoms. The van der Waals surface area contributed by atoms with Crippen LogP contribution in [0.2, 0.25) is 0 Å². The van der Waals surface area contributed by atoms with E-state index in [2.05, 4.69) is 17.6 Å². The van der Waals surface area contributed by atoms with Crippen molar-refractivity contribution in [3.63, 3.8) is 0 Å². The number of aliphatic hydroxyl groups excluding tert-OH is 1. The second kappa shape index (κ2) is 9.27. The van der Waals surface area contributed by atoms with Gasteiger partial charge < -0.3 is 30.6 Å². The number of amides is 2. The average molecular weight is 475 g/mol. The van der Waals surface area contributed by atoms with Crippen molar-refractivity contribution in [3.05, 3.63) is 10.6 Å². The van der Waals surface area contributed by atoms with Crippen molar-refractivity contribution in [1.82, 2.24) is 20.4 Å². The van der Waals surface area contributed by atoms with Crippen LogP contribution in [0.5, 0.6) is 0 Å². The topological polar surface area (TPSA) is 122 Å². The normalized spacial score (nSPS) is 36.1. The highest BCUT2D eigenvalue weighted by atomic mass is 35.5. The summed E-state index contributed by atoms with van der Waals surface area (Å²) >= 11 is 1.47. The number of nitrogens with zero attached hydrogens (tertiary/aromatic N) is 2. The summed E-state index contributed by atoms with van der Waals surface area (Å²) in [5.41, 5.74) is 0.0464. The molecule has 0 aromatic rings. The van der Waals surface area contributed by atoms with Crippen molar-refractivity contribution < 1.29 is 24.6 Å². The molecule has 4 rings (SSSR count). The fourth-order valence-electron chi connectivity index (χ4n) is 5.19. The van der Waals surface area contributed by atoms with Crippen LogP contribution in [0.1, 0.15) is 27.2 Å². The fourth-order valence-corrected chi connectivity index (χ4v) is 6.67. The molecule has 0 aromatic heterocycles. The van der Waals surface area contributed by atoms with Crippen molar-refractivity contribution in [2.24, 2.45) is 11.8 Å². The summed E-state index contributed by atoms with van der Waals surface area (Å²) in [6.45, 7) is 8.36. The number of aliphatic carboxylic acids is 1. The summed E-state index contributed by atoms with van der Waals surface area (Å²) < 4.78 is 0. The van der Waals surface area contributed by atoms with E-state index >= 15 is 0 Å². The Labute approximate surface area is 192 Å². The van der Waals surface area contributed by atoms with Gasteiger partial charge in [0.2, 0.25) is 11.8 Å². The minimum absolute atomic E-state index is 0. The number of carbonyl (C=O) groups excluding carboxylic acids is 2. The standard InChI is InChI=1S/C20H30N4O5S.ClH/c1-9-8-23(5-4-21-9)18(26)13-6-12(7-22-13)30-17-10(2)15-14(11(3)25)19(27)24(15)16(17)20(28)29;/h9-15,21-22,25H,4-8H2,1-3H3,(H,28,29);1H/t9-,10-,11-,12+,13+,14-,15-;/m1./s1. The Bertz CT molecular complexity index is 794. The van der Waals surface area contributed by atoms with Crippen molar-refractivity contribution in [3.8, 4) is 0 Å². The van der Waals surface area contributed by atoms with Crippen LogP contribution in [0.3, 0.4) is 0 Å². The van der Waals surface area contributed by atoms with Crippen LogP contribution >= 0.6 is 24.2 Å². The lowest BCUT2D eigenvalue weighted by Crippen LogP contribution is -2.63. The van der Waals surface area contributed by atoms with Gasteiger partial charge in [0.25, 0.3) is 0 Å². The number of aliphatic hydroxyl groups is 1. The molecule has 7 atom stereocenters. The Kier molecular flexibility index (Phi) is 7.27. The van der Waals surface area contributed by atoms with Crippen molar-refractivity contribution in [2.75, 3.05) is 26.2 Å². The number of fused-ring (bicyclic) bond motifs is 1. The molecule has 0 saturated carbocycles. The van der Waals surface area contributed by atoms with Crippen LogP contribution in [-0.2, 0) is 14.4 Å². The van der Waals surface area contributed by atoms with Gasteiger partial charge in [-0.1, -0.05) is 6.92 Å². The number of thioether (sulfide) groups is 1. The van der Waals surface area contributed by atoms with E-state index < -0.39 is 18.0 Å². The van der Waals surface area contributed by atoms with Crippen LogP contribution in [0.4, 0.5) is 0 Å². The summed E-state index contributed by atoms with van der Waals surface area (Å²) in [7, 11) is 0. The minimum atomic E-state index is -1.11. The maximum absolute atomic E-state index is 12.9. The van der Waals surface area contributed by atoms with E-state index in [4.69, 9.17) is 0 Å². The summed E-state index contributed by atoms with van der Waals surface area (Å²) in [6, 6.07) is -0.289. The molecule has 0 radical (unpaired) electrons. The van der Waals surface area contributed by atoms with Gasteiger partial charge in [0.1, 0.15) is 5.70 Å². The number of nitrogens with one attached hydrogen (secondary N) is 2. The molecule has 11 heteroatoms. The van der Waals surface area contributed by atoms with Gasteiger partial charge >= 0.3 is 5.97 Å². The zero-order valence-corrected chi connectivity index (χ0v) is 19.5. The zero-order chi connectivity index (χ0) is 21.7. The third-order valence-corrected chi connectivity index (χ3v) is 8.19. The molecule has 3 fully saturated rings. The summed E-state index contributed by atoms with van der Waals surface area (Å²) in [6.07, 6.45) is -0.180. The number of rotatable bonds is 5. The summed E-state index contributed by atoms with van der Waals surface area (Å²) in [5.74, 6) is -2.04. The molecule has 0 aromatic carbocycles. The van der Waals surface area contributed by atoms with Crippen molar-refractivity contribution in [1.29, 1.82) is 0 Å². The Morgan fingerprint density at radius 2 is 1.97 bits per heavy atom. The molecule has 2 amide bonds. The third kappa shape index (κ3) is 4.20. The zero-order valence-electron chi connectivity index (χ0n) is 17.9. The first-order valence-electron chi connectivity index (χ1n) is 10.6. The quantitative estimate of drug-likeness (QED) is 0.406. The highest BCUT2D eigenvalue weighted by Crippen LogP contribution is 2.51. The van der Waals surface area contributed by atoms with Gasteiger partial charge in [-0.05, 0) is 20.3 Å². The fraction of sp³-hybridized carbons (Fsp3) is 0.750. The predicted octanol–water partition coefficient (Wildman–Crippen LogP) is -0.154. The van der Waals surface area contributed by atoms with E-state index in [0.717, 1.165) is 6.54 Å². The van der Waals surface area contributed by atoms with Crippen molar-refractivity contribution >= 4 is 42.0 Å². The Morgan fingerprint density at radius 3 is 2.58 bits per heavy atom. The minimum Gasteiger partial charge on any atom is -0.477 e. The van der Waals surface area contributed by atoms with E-state index in [0.29, 0.717) is 31.0 Å². The van der Waals surface area contributed by atoms with Crippen LogP contribution in [0.15, 0.2) is 10.6 Å². The molecule has 9 nitrogen and oxygen atoms in total. The van der Waals surface area contributed by atoms with Gasteiger partial charge in [-0.3, -0.25) is 9.59 Å². The number of hydrogen-bond donors (Lipinski definition) is 4. The first kappa shape index (κ1) is 24.3. The van der Waals surface area contributed by atoms with Gasteiger partial charge in [0, 0.05) is 48.3 Å². The molecule has 0 unspecified atom stereocenters. The Balaban J connectivity index is 0.00000272. The van der Waals surface area contributed by atoms with Gasteiger partial charge in [-0.15, -0.1) is 24.2 Å². The highest BCUT2D eigenvalue weighted by molar-refractivity contribution is 8.03. The van der Waals surface area contributed by atoms with E-state index in [9.17, 15) is 24.6 Å². The van der Waals surface area contributed by atoms with Gasteiger partial charge in [-0.25, -0.2) is 4.79 Å². The smallest absolute Gasteiger partial charge is 0.353 e. The largest absolute Gasteiger partial charge is 0.477 e. The van der Waals surface area contributed by atoms with Crippen LogP contribution < -0.4 is 10.6 Å². The maximum Gasteiger partial charge on any atom is 0.353 e. The number of hydrogen-bond acceptors (Lipinski definition) is 7. The van der Waals surface area contributed by atoms with E-state index in [1.165, 1.54) is 16.7 Å². The third-order valence-electron chi connectivity index (χ3n) is 6.67. The van der Waals surface area contributed by atoms with E-state index in [1.807, 2.05) is 11.8 Å². The number of β-lactam (4-membered cyclic amide) rings is 1. The molecule has 4 aliphatic heterocycles. The highest BCUT2D eigenvalue weighted by Gasteiger charge is 2.60. The second-order valence-corrected chi connectivity index (χ2v) is 10.2. The molecule has 174 valence electrons. The number of carboxylic acid groups (broad SMARTS) is 1. The second-order valence-electron chi connectivity index (χ2n) is 8.85. The van der Waals surface area contributed by atoms with Gasteiger partial charge in [0.05, 0.1) is 24.1 Å². The van der Waals surface area contributed by atoms with Crippen molar-refractivity contribution in [2.45, 2.75) is 56.7 Å². The first-order chi connectivity index (χ1) is 14.2. The van der Waals surface area contributed by atoms with E-state index in [1.54, 1.807) is 6.92 Å². The maximum atomic E-state index is 12.9. The SMILES string of the molecule is C[C@@H]1CN(C(=O)[C@@H]2C[C@H](SC3=C(C(=O)O)N4C(=O)[C@H]([C@@H](C)O)[C@H]4[C@H]3C)CN2)CCN1.Cl. The number of halogens is 1. The molecule has 4 aliphatic rings. The van der Waals surface area contributed by atoms with E-state index in [-0.39, 0.29) is 59.2 Å². The lowest BCUT2D eigenvalue weighted by atomic mass is 9.79. The first-order valence-corrected chi connectivity index (χ1v) is 11.5. The van der Waals surface area contributed by atoms with Gasteiger partial charge in [-0.2, -0.15) is 0 Å². The number of piperazine rings is 1. The summed E-state index contributed by atoms with van der Waals surface area (Å²) in [4.78, 5) is 41.2. The number of carbonyl (C=O) groups is 3. The Morgan fingerprint density at radius 1 is 1.26 bits per heavy atom. The molecular formula is C20H31ClN4O5S. The van der Waals surface area contributed by atoms with Crippen LogP contribution in [-0.4, -0.2) is 93.5 Å². The molecule has 3 saturated heterocycles. The predicted molar refractivity (Wildman–Crippen MR) is 119 cm³/mol. The molecule has 4 N–H and O–H groups in total. The average Bonchev–Trinajstić information content (AvgIpc) is 3.23. The lowest BCUT2D eigenvalue weighted by Gasteiger charge is -2.46. The Hall–Kier alpha value is -1.33. The summed E-state index contributed by atoms with van der Waals surface area (Å²) in [5, 5.41) is 26.4. The molecule has 0 bridgehead atoms. The van der Waals surface area contributed by atoms with Crippen LogP contribution in [0.25, 0.3) is 0 Å². The molecule has 0 spiro atoms. The monoisotopic (exact) mass is 474 g/mol. The van der Waals surface area contributed by atoms with Crippen LogP contribution in [0, 0.1) is 11.8 Å². The van der Waals surface area contributed by atoms with Gasteiger partial charge in [0.15, 0.2) is 0 Å². The molecular weight excluding hydrogens is 444 g/mol. The molecule has 4 heterocycles. The number of carboxylic acids is 1.